The van der Waals surface area contributed by atoms with Gasteiger partial charge in [0, 0.05) is 22.3 Å². The van der Waals surface area contributed by atoms with Gasteiger partial charge in [-0.1, -0.05) is 0 Å². The Morgan fingerprint density at radius 3 is 2.79 bits per heavy atom. The van der Waals surface area contributed by atoms with Crippen molar-refractivity contribution in [3.63, 3.8) is 0 Å². The first kappa shape index (κ1) is 15.0. The summed E-state index contributed by atoms with van der Waals surface area (Å²) in [5.74, 6) is 0.124. The second kappa shape index (κ2) is 6.35. The van der Waals surface area contributed by atoms with E-state index in [1.807, 2.05) is 11.3 Å². The predicted molar refractivity (Wildman–Crippen MR) is 80.2 cm³/mol. The van der Waals surface area contributed by atoms with Gasteiger partial charge in [0.25, 0.3) is 0 Å². The maximum Gasteiger partial charge on any atom is 0.212 e. The molecule has 4 nitrogen and oxygen atoms in total. The molecule has 108 valence electrons. The standard InChI is InChI=1S/C13H22N2O2S2/c1-10(15-7-8-19(16,17)14-2)13-9-11-5-3-4-6-12(11)18-13/h9-10,14-15H,3-8H2,1-2H3. The Labute approximate surface area is 119 Å². The zero-order valence-electron chi connectivity index (χ0n) is 11.5. The molecule has 0 fully saturated rings. The van der Waals surface area contributed by atoms with Crippen LogP contribution in [0.3, 0.4) is 0 Å². The fourth-order valence-electron chi connectivity index (χ4n) is 2.34. The van der Waals surface area contributed by atoms with Gasteiger partial charge in [-0.15, -0.1) is 11.3 Å². The van der Waals surface area contributed by atoms with Crippen LogP contribution in [0, 0.1) is 0 Å². The van der Waals surface area contributed by atoms with E-state index in [2.05, 4.69) is 23.0 Å². The zero-order valence-corrected chi connectivity index (χ0v) is 13.2. The number of fused-ring (bicyclic) bond motifs is 1. The Kier molecular flexibility index (Phi) is 5.00. The summed E-state index contributed by atoms with van der Waals surface area (Å²) in [6.07, 6.45) is 5.01. The summed E-state index contributed by atoms with van der Waals surface area (Å²) in [4.78, 5) is 2.85. The predicted octanol–water partition coefficient (Wildman–Crippen LogP) is 1.83. The molecule has 6 heteroatoms. The Morgan fingerprint density at radius 2 is 2.11 bits per heavy atom. The summed E-state index contributed by atoms with van der Waals surface area (Å²) in [5, 5.41) is 3.29. The molecule has 1 unspecified atom stereocenters. The molecule has 0 saturated carbocycles. The van der Waals surface area contributed by atoms with Gasteiger partial charge in [-0.25, -0.2) is 13.1 Å². The number of hydrogen-bond acceptors (Lipinski definition) is 4. The van der Waals surface area contributed by atoms with Crippen molar-refractivity contribution in [3.05, 3.63) is 21.4 Å². The lowest BCUT2D eigenvalue weighted by Gasteiger charge is -2.11. The van der Waals surface area contributed by atoms with E-state index in [9.17, 15) is 8.42 Å². The number of hydrogen-bond donors (Lipinski definition) is 2. The molecule has 0 spiro atoms. The van der Waals surface area contributed by atoms with Crippen molar-refractivity contribution in [3.8, 4) is 0 Å². The van der Waals surface area contributed by atoms with Crippen LogP contribution < -0.4 is 10.0 Å². The van der Waals surface area contributed by atoms with Gasteiger partial charge in [-0.05, 0) is 51.3 Å². The maximum atomic E-state index is 11.3. The van der Waals surface area contributed by atoms with Gasteiger partial charge in [-0.3, -0.25) is 0 Å². The van der Waals surface area contributed by atoms with Crippen molar-refractivity contribution >= 4 is 21.4 Å². The summed E-state index contributed by atoms with van der Waals surface area (Å²) in [5.41, 5.74) is 1.50. The van der Waals surface area contributed by atoms with Gasteiger partial charge in [0.15, 0.2) is 0 Å². The summed E-state index contributed by atoms with van der Waals surface area (Å²) in [7, 11) is -1.66. The van der Waals surface area contributed by atoms with Crippen LogP contribution in [0.25, 0.3) is 0 Å². The molecular weight excluding hydrogens is 280 g/mol. The molecule has 1 heterocycles. The second-order valence-electron chi connectivity index (χ2n) is 5.00. The summed E-state index contributed by atoms with van der Waals surface area (Å²) >= 11 is 1.88. The Balaban J connectivity index is 1.89. The monoisotopic (exact) mass is 302 g/mol. The summed E-state index contributed by atoms with van der Waals surface area (Å²) < 4.78 is 25.0. The lowest BCUT2D eigenvalue weighted by Crippen LogP contribution is -2.30. The van der Waals surface area contributed by atoms with E-state index < -0.39 is 10.0 Å². The number of rotatable bonds is 6. The Bertz CT molecular complexity index is 499. The average molecular weight is 302 g/mol. The minimum absolute atomic E-state index is 0.124. The molecule has 1 atom stereocenters. The molecule has 19 heavy (non-hydrogen) atoms. The third-order valence-electron chi connectivity index (χ3n) is 3.57. The molecule has 1 aliphatic rings. The molecule has 1 aromatic rings. The lowest BCUT2D eigenvalue weighted by molar-refractivity contribution is 0.570. The molecule has 2 N–H and O–H groups in total. The van der Waals surface area contributed by atoms with E-state index in [1.165, 1.54) is 48.0 Å². The lowest BCUT2D eigenvalue weighted by atomic mass is 9.99. The van der Waals surface area contributed by atoms with Gasteiger partial charge in [0.2, 0.25) is 10.0 Å². The van der Waals surface area contributed by atoms with E-state index in [0.29, 0.717) is 6.54 Å². The highest BCUT2D eigenvalue weighted by atomic mass is 32.2. The van der Waals surface area contributed by atoms with Crippen LogP contribution >= 0.6 is 11.3 Å². The first-order valence-corrected chi connectivity index (χ1v) is 9.25. The fourth-order valence-corrected chi connectivity index (χ4v) is 4.21. The molecule has 0 radical (unpaired) electrons. The smallest absolute Gasteiger partial charge is 0.212 e. The third-order valence-corrected chi connectivity index (χ3v) is 6.36. The topological polar surface area (TPSA) is 58.2 Å². The van der Waals surface area contributed by atoms with Gasteiger partial charge < -0.3 is 5.32 Å². The van der Waals surface area contributed by atoms with Crippen molar-refractivity contribution in [1.82, 2.24) is 10.0 Å². The van der Waals surface area contributed by atoms with Crippen molar-refractivity contribution in [1.29, 1.82) is 0 Å². The van der Waals surface area contributed by atoms with E-state index in [-0.39, 0.29) is 11.8 Å². The molecular formula is C13H22N2O2S2. The van der Waals surface area contributed by atoms with E-state index in [0.717, 1.165) is 0 Å². The number of thiophene rings is 1. The number of aryl methyl sites for hydroxylation is 2. The van der Waals surface area contributed by atoms with Crippen LogP contribution in [0.2, 0.25) is 0 Å². The molecule has 1 aromatic heterocycles. The first-order valence-electron chi connectivity index (χ1n) is 6.78. The van der Waals surface area contributed by atoms with Crippen LogP contribution in [0.5, 0.6) is 0 Å². The third kappa shape index (κ3) is 4.02. The molecule has 2 rings (SSSR count). The average Bonchev–Trinajstić information content (AvgIpc) is 2.82. The van der Waals surface area contributed by atoms with Crippen LogP contribution in [-0.2, 0) is 22.9 Å². The SMILES string of the molecule is CNS(=O)(=O)CCNC(C)c1cc2c(s1)CCCC2. The minimum Gasteiger partial charge on any atom is -0.308 e. The van der Waals surface area contributed by atoms with E-state index in [1.54, 1.807) is 0 Å². The van der Waals surface area contributed by atoms with Crippen molar-refractivity contribution < 1.29 is 8.42 Å². The highest BCUT2D eigenvalue weighted by Crippen LogP contribution is 2.32. The highest BCUT2D eigenvalue weighted by Gasteiger charge is 2.16. The normalized spacial score (nSPS) is 17.2. The first-order chi connectivity index (χ1) is 9.02. The van der Waals surface area contributed by atoms with Crippen molar-refractivity contribution in [2.45, 2.75) is 38.6 Å². The zero-order chi connectivity index (χ0) is 13.9. The summed E-state index contributed by atoms with van der Waals surface area (Å²) in [6.45, 7) is 2.58. The largest absolute Gasteiger partial charge is 0.308 e. The maximum absolute atomic E-state index is 11.3. The van der Waals surface area contributed by atoms with E-state index >= 15 is 0 Å². The Hall–Kier alpha value is -0.430. The number of nitrogens with one attached hydrogen (secondary N) is 2. The van der Waals surface area contributed by atoms with Gasteiger partial charge in [0.1, 0.15) is 0 Å². The van der Waals surface area contributed by atoms with Crippen LogP contribution in [0.15, 0.2) is 6.07 Å². The highest BCUT2D eigenvalue weighted by molar-refractivity contribution is 7.89. The van der Waals surface area contributed by atoms with Gasteiger partial charge in [-0.2, -0.15) is 0 Å². The number of sulfonamides is 1. The summed E-state index contributed by atoms with van der Waals surface area (Å²) in [6, 6.07) is 2.52. The van der Waals surface area contributed by atoms with Crippen LogP contribution in [0.4, 0.5) is 0 Å². The molecule has 0 amide bonds. The van der Waals surface area contributed by atoms with Gasteiger partial charge in [0.05, 0.1) is 5.75 Å². The van der Waals surface area contributed by atoms with Crippen molar-refractivity contribution in [2.75, 3.05) is 19.3 Å². The van der Waals surface area contributed by atoms with Crippen molar-refractivity contribution in [2.24, 2.45) is 0 Å². The van der Waals surface area contributed by atoms with Crippen LogP contribution in [0.1, 0.15) is 41.1 Å². The fraction of sp³-hybridized carbons (Fsp3) is 0.692. The van der Waals surface area contributed by atoms with Crippen LogP contribution in [-0.4, -0.2) is 27.8 Å². The molecule has 1 aliphatic carbocycles. The Morgan fingerprint density at radius 1 is 1.37 bits per heavy atom. The molecule has 0 aliphatic heterocycles. The molecule has 0 aromatic carbocycles. The van der Waals surface area contributed by atoms with E-state index in [4.69, 9.17) is 0 Å². The second-order valence-corrected chi connectivity index (χ2v) is 8.22. The van der Waals surface area contributed by atoms with Gasteiger partial charge >= 0.3 is 0 Å². The molecule has 0 saturated heterocycles. The molecule has 0 bridgehead atoms. The quantitative estimate of drug-likeness (QED) is 0.843. The minimum atomic E-state index is -3.11.